The molecule has 2 aromatic rings. The van der Waals surface area contributed by atoms with Gasteiger partial charge in [0, 0.05) is 80.3 Å². The zero-order chi connectivity index (χ0) is 46.9. The summed E-state index contributed by atoms with van der Waals surface area (Å²) in [7, 11) is 0. The lowest BCUT2D eigenvalue weighted by Crippen LogP contribution is -2.56. The van der Waals surface area contributed by atoms with Gasteiger partial charge in [0.15, 0.2) is 10.3 Å². The van der Waals surface area contributed by atoms with Crippen LogP contribution in [0.5, 0.6) is 0 Å². The molecule has 0 radical (unpaired) electrons. The highest BCUT2D eigenvalue weighted by Crippen LogP contribution is 2.24. The Morgan fingerprint density at radius 2 is 1.03 bits per heavy atom. The van der Waals surface area contributed by atoms with E-state index < -0.39 is 35.5 Å². The van der Waals surface area contributed by atoms with Crippen LogP contribution in [0.2, 0.25) is 15.1 Å². The second-order valence-electron chi connectivity index (χ2n) is 16.2. The Morgan fingerprint density at radius 1 is 0.651 bits per heavy atom. The number of carbonyl (C=O) groups excluding carboxylic acids is 4. The van der Waals surface area contributed by atoms with E-state index in [0.29, 0.717) is 83.3 Å². The number of carbonyl (C=O) groups is 4. The number of nitrogens with zero attached hydrogens (tertiary/aromatic N) is 8. The van der Waals surface area contributed by atoms with Gasteiger partial charge in [-0.1, -0.05) is 82.6 Å². The number of hydrogen-bond donors (Lipinski definition) is 2. The van der Waals surface area contributed by atoms with Gasteiger partial charge in [-0.3, -0.25) is 9.59 Å². The minimum absolute atomic E-state index is 0.195. The van der Waals surface area contributed by atoms with Crippen LogP contribution in [0.25, 0.3) is 0 Å². The van der Waals surface area contributed by atoms with Gasteiger partial charge in [0.25, 0.3) is 0 Å². The van der Waals surface area contributed by atoms with Gasteiger partial charge in [-0.15, -0.1) is 9.98 Å². The van der Waals surface area contributed by atoms with E-state index in [1.807, 2.05) is 46.7 Å². The lowest BCUT2D eigenvalue weighted by Gasteiger charge is -2.37. The molecule has 0 aromatic heterocycles. The molecule has 0 unspecified atom stereocenters. The Morgan fingerprint density at radius 3 is 1.38 bits per heavy atom. The molecular weight excluding hydrogens is 911 g/mol. The minimum atomic E-state index is -0.858. The van der Waals surface area contributed by atoms with Crippen molar-refractivity contribution < 1.29 is 28.7 Å². The average molecular weight is 966 g/mol. The molecule has 0 aliphatic carbocycles. The maximum atomic E-state index is 13.3. The fraction of sp³-hybridized carbons (Fsp3) is 0.524. The molecule has 0 bridgehead atoms. The molecule has 0 saturated carbocycles. The number of halogens is 3. The Labute approximate surface area is 393 Å². The summed E-state index contributed by atoms with van der Waals surface area (Å²) < 4.78 is 10.7. The van der Waals surface area contributed by atoms with E-state index in [1.165, 1.54) is 23.5 Å². The molecule has 4 amide bonds. The van der Waals surface area contributed by atoms with Crippen LogP contribution in [0.3, 0.4) is 0 Å². The number of nitrogens with one attached hydrogen (secondary N) is 2. The number of piperazine rings is 2. The van der Waals surface area contributed by atoms with E-state index in [1.54, 1.807) is 81.8 Å². The number of aliphatic imine (C=N–C) groups is 2. The molecule has 63 heavy (non-hydrogen) atoms. The molecule has 16 nitrogen and oxygen atoms in total. The number of amides is 4. The lowest BCUT2D eigenvalue weighted by atomic mass is 10.0. The van der Waals surface area contributed by atoms with E-state index >= 15 is 0 Å². The van der Waals surface area contributed by atoms with Crippen molar-refractivity contribution in [3.05, 3.63) is 68.7 Å². The summed E-state index contributed by atoms with van der Waals surface area (Å²) in [4.78, 5) is 66.4. The molecule has 2 N–H and O–H groups in total. The third-order valence-corrected chi connectivity index (χ3v) is 11.6. The normalized spacial score (nSPS) is 15.8. The number of alkyl carbamates (subject to hydrolysis) is 2. The van der Waals surface area contributed by atoms with Crippen LogP contribution in [0.4, 0.5) is 9.59 Å². The monoisotopic (exact) mass is 964 g/mol. The van der Waals surface area contributed by atoms with Crippen LogP contribution < -0.4 is 10.6 Å². The molecule has 4 rings (SSSR count). The van der Waals surface area contributed by atoms with Gasteiger partial charge in [0.2, 0.25) is 24.2 Å². The molecule has 2 aliphatic heterocycles. The predicted octanol–water partition coefficient (Wildman–Crippen LogP) is 6.89. The third kappa shape index (κ3) is 17.8. The summed E-state index contributed by atoms with van der Waals surface area (Å²) in [5.74, 6) is -0.433. The number of amidine groups is 2. The summed E-state index contributed by atoms with van der Waals surface area (Å²) in [6.07, 6.45) is 6.45. The highest BCUT2D eigenvalue weighted by molar-refractivity contribution is 8.13. The van der Waals surface area contributed by atoms with Crippen molar-refractivity contribution in [3.63, 3.8) is 0 Å². The van der Waals surface area contributed by atoms with Crippen LogP contribution in [0.1, 0.15) is 52.7 Å². The van der Waals surface area contributed by atoms with Crippen molar-refractivity contribution in [1.82, 2.24) is 30.2 Å². The Balaban J connectivity index is 0.000000335. The van der Waals surface area contributed by atoms with E-state index in [2.05, 4.69) is 20.6 Å². The predicted molar refractivity (Wildman–Crippen MR) is 251 cm³/mol. The van der Waals surface area contributed by atoms with Crippen molar-refractivity contribution in [2.24, 2.45) is 9.98 Å². The fourth-order valence-corrected chi connectivity index (χ4v) is 8.19. The number of hydrogen-bond acceptors (Lipinski definition) is 12. The van der Waals surface area contributed by atoms with Crippen LogP contribution in [0.15, 0.2) is 52.4 Å². The van der Waals surface area contributed by atoms with E-state index in [4.69, 9.17) is 54.8 Å². The van der Waals surface area contributed by atoms with Crippen molar-refractivity contribution in [2.75, 3.05) is 64.9 Å². The first-order valence-corrected chi connectivity index (χ1v) is 23.5. The number of ether oxygens (including phenoxy) is 2. The topological polar surface area (TPSA) is 196 Å². The standard InChI is InChI=1S/C21H27Cl2N5O3S.C21H28ClN5O3S/c1-21(2,3)31-20(30)26-17(11-14-5-6-15(22)12-16(14)23)18(29)27-7-9-28(10-8-27)19(32-4)25-13-24;1-21(2,3)30-20(29)25-17(13-15-7-5-6-8-16(15)22)18(28)26-9-11-27(12-10-26)19(31-4)24-14-23/h5-6,12,17H,7-11H2,1-4H3,(H,26,30);5-8,17H,9-13H2,1-4H3,(H,25,29)/t2*17-/m00/s1. The largest absolute Gasteiger partial charge is 0.444 e. The average Bonchev–Trinajstić information content (AvgIpc) is 3.21. The van der Waals surface area contributed by atoms with Gasteiger partial charge in [0.05, 0.1) is 0 Å². The second-order valence-corrected chi connectivity index (χ2v) is 19.0. The van der Waals surface area contributed by atoms with Crippen LogP contribution in [-0.2, 0) is 31.9 Å². The third-order valence-electron chi connectivity index (χ3n) is 9.18. The summed E-state index contributed by atoms with van der Waals surface area (Å²) in [5.41, 5.74) is 0.0790. The van der Waals surface area contributed by atoms with E-state index in [0.717, 1.165) is 5.56 Å². The van der Waals surface area contributed by atoms with Crippen LogP contribution >= 0.6 is 58.3 Å². The van der Waals surface area contributed by atoms with Crippen molar-refractivity contribution in [3.8, 4) is 12.4 Å². The van der Waals surface area contributed by atoms with Gasteiger partial charge < -0.3 is 39.7 Å². The van der Waals surface area contributed by atoms with Gasteiger partial charge in [-0.05, 0) is 83.4 Å². The van der Waals surface area contributed by atoms with E-state index in [-0.39, 0.29) is 24.7 Å². The Kier molecular flexibility index (Phi) is 21.0. The first-order valence-electron chi connectivity index (χ1n) is 19.9. The van der Waals surface area contributed by atoms with Crippen LogP contribution in [-0.4, -0.2) is 142 Å². The Bertz CT molecular complexity index is 2050. The molecule has 2 aromatic carbocycles. The number of thioether (sulfide) groups is 2. The number of nitriles is 2. The first kappa shape index (κ1) is 52.8. The second kappa shape index (κ2) is 25.0. The molecule has 2 aliphatic rings. The van der Waals surface area contributed by atoms with Crippen molar-refractivity contribution in [1.29, 1.82) is 10.5 Å². The van der Waals surface area contributed by atoms with Gasteiger partial charge in [0.1, 0.15) is 23.3 Å². The molecule has 2 atom stereocenters. The minimum Gasteiger partial charge on any atom is -0.444 e. The maximum absolute atomic E-state index is 13.3. The highest BCUT2D eigenvalue weighted by atomic mass is 35.5. The smallest absolute Gasteiger partial charge is 0.408 e. The molecule has 342 valence electrons. The summed E-state index contributed by atoms with van der Waals surface area (Å²) in [6, 6.07) is 10.6. The van der Waals surface area contributed by atoms with Gasteiger partial charge in [-0.25, -0.2) is 9.59 Å². The maximum Gasteiger partial charge on any atom is 0.408 e. The molecule has 2 saturated heterocycles. The molecular formula is C42H55Cl3N10O6S2. The zero-order valence-corrected chi connectivity index (χ0v) is 40.6. The van der Waals surface area contributed by atoms with Gasteiger partial charge >= 0.3 is 12.2 Å². The van der Waals surface area contributed by atoms with E-state index in [9.17, 15) is 19.2 Å². The van der Waals surface area contributed by atoms with Crippen molar-refractivity contribution in [2.45, 2.75) is 77.7 Å². The molecule has 2 heterocycles. The summed E-state index contributed by atoms with van der Waals surface area (Å²) >= 11 is 21.4. The SMILES string of the molecule is CSC(=NC#N)N1CCN(C(=O)[C@H](Cc2ccc(Cl)cc2Cl)NC(=O)OC(C)(C)C)CC1.CSC(=NC#N)N1CCN(C(=O)[C@H](Cc2ccccc2Cl)NC(=O)OC(C)(C)C)CC1. The van der Waals surface area contributed by atoms with Crippen molar-refractivity contribution >= 4 is 92.7 Å². The zero-order valence-electron chi connectivity index (χ0n) is 36.7. The molecule has 21 heteroatoms. The molecule has 2 fully saturated rings. The summed E-state index contributed by atoms with van der Waals surface area (Å²) in [5, 5.41) is 25.8. The highest BCUT2D eigenvalue weighted by Gasteiger charge is 2.33. The number of rotatable bonds is 8. The first-order chi connectivity index (χ1) is 29.7. The Hall–Kier alpha value is -4.59. The van der Waals surface area contributed by atoms with Gasteiger partial charge in [-0.2, -0.15) is 10.5 Å². The number of benzene rings is 2. The fourth-order valence-electron chi connectivity index (χ4n) is 6.34. The van der Waals surface area contributed by atoms with Crippen LogP contribution in [0, 0.1) is 22.9 Å². The quantitative estimate of drug-likeness (QED) is 0.158. The lowest BCUT2D eigenvalue weighted by molar-refractivity contribution is -0.135. The summed E-state index contributed by atoms with van der Waals surface area (Å²) in [6.45, 7) is 14.5. The molecule has 0 spiro atoms.